The van der Waals surface area contributed by atoms with Gasteiger partial charge in [0.1, 0.15) is 11.5 Å². The first-order valence-electron chi connectivity index (χ1n) is 5.68. The molecule has 1 aromatic carbocycles. The van der Waals surface area contributed by atoms with Gasteiger partial charge >= 0.3 is 0 Å². The van der Waals surface area contributed by atoms with Crippen molar-refractivity contribution in [3.63, 3.8) is 0 Å². The number of hydrogen-bond donors (Lipinski definition) is 3. The van der Waals surface area contributed by atoms with Gasteiger partial charge in [-0.05, 0) is 18.9 Å². The van der Waals surface area contributed by atoms with Crippen molar-refractivity contribution in [3.8, 4) is 11.5 Å². The highest BCUT2D eigenvalue weighted by molar-refractivity contribution is 7.78. The van der Waals surface area contributed by atoms with Crippen molar-refractivity contribution in [3.05, 3.63) is 23.8 Å². The smallest absolute Gasteiger partial charge is 0.124 e. The Hall–Kier alpha value is -0.870. The summed E-state index contributed by atoms with van der Waals surface area (Å²) in [6.45, 7) is 8.41. The Kier molecular flexibility index (Phi) is 7.83. The Morgan fingerprint density at radius 3 is 2.12 bits per heavy atom. The second kappa shape index (κ2) is 8.25. The molecule has 98 valence electrons. The average molecular weight is 257 g/mol. The maximum absolute atomic E-state index is 9.57. The molecule has 17 heavy (non-hydrogen) atoms. The molecular formula is C13H23NO2S. The van der Waals surface area contributed by atoms with Crippen molar-refractivity contribution in [2.24, 2.45) is 5.92 Å². The monoisotopic (exact) mass is 257 g/mol. The largest absolute Gasteiger partial charge is 0.507 e. The molecule has 0 fully saturated rings. The van der Waals surface area contributed by atoms with Crippen LogP contribution in [-0.4, -0.2) is 12.2 Å². The molecule has 2 N–H and O–H groups in total. The molecular weight excluding hydrogens is 234 g/mol. The molecule has 0 aliphatic heterocycles. The second-order valence-corrected chi connectivity index (χ2v) is 4.77. The van der Waals surface area contributed by atoms with Crippen LogP contribution >= 0.6 is 12.8 Å². The Morgan fingerprint density at radius 1 is 1.24 bits per heavy atom. The molecule has 3 nitrogen and oxygen atoms in total. The van der Waals surface area contributed by atoms with Gasteiger partial charge < -0.3 is 9.84 Å². The van der Waals surface area contributed by atoms with Gasteiger partial charge in [0.25, 0.3) is 0 Å². The lowest BCUT2D eigenvalue weighted by Crippen LogP contribution is -2.06. The first-order valence-corrected chi connectivity index (χ1v) is 6.13. The van der Waals surface area contributed by atoms with E-state index in [1.54, 1.807) is 19.2 Å². The van der Waals surface area contributed by atoms with Gasteiger partial charge in [0.2, 0.25) is 0 Å². The van der Waals surface area contributed by atoms with E-state index in [0.717, 1.165) is 11.5 Å². The number of aromatic hydroxyl groups is 1. The van der Waals surface area contributed by atoms with Gasteiger partial charge in [-0.15, -0.1) is 0 Å². The fourth-order valence-corrected chi connectivity index (χ4v) is 1.23. The van der Waals surface area contributed by atoms with E-state index < -0.39 is 0 Å². The van der Waals surface area contributed by atoms with E-state index in [9.17, 15) is 5.11 Å². The van der Waals surface area contributed by atoms with Crippen LogP contribution in [-0.2, 0) is 0 Å². The third-order valence-electron chi connectivity index (χ3n) is 1.90. The van der Waals surface area contributed by atoms with E-state index in [0.29, 0.717) is 5.75 Å². The van der Waals surface area contributed by atoms with Crippen molar-refractivity contribution < 1.29 is 9.84 Å². The van der Waals surface area contributed by atoms with Crippen LogP contribution in [0.3, 0.4) is 0 Å². The van der Waals surface area contributed by atoms with Gasteiger partial charge in [-0.25, -0.2) is 0 Å². The zero-order chi connectivity index (χ0) is 13.4. The first kappa shape index (κ1) is 16.1. The molecule has 0 saturated heterocycles. The summed E-state index contributed by atoms with van der Waals surface area (Å²) in [7, 11) is 1.56. The molecule has 1 unspecified atom stereocenters. The van der Waals surface area contributed by atoms with Crippen LogP contribution in [0.1, 0.15) is 39.3 Å². The van der Waals surface area contributed by atoms with Crippen molar-refractivity contribution >= 4 is 12.8 Å². The standard InChI is InChI=1S/C9H13NO2S.C4H10/c1-6(10-13)8-4-3-7(12-2)5-9(8)11;1-4(2)3/h3-6,10-11,13H,1-2H3;4H,1-3H3. The topological polar surface area (TPSA) is 41.5 Å². The maximum atomic E-state index is 9.57. The summed E-state index contributed by atoms with van der Waals surface area (Å²) in [5, 5.41) is 9.57. The summed E-state index contributed by atoms with van der Waals surface area (Å²) >= 11 is 3.93. The SMILES string of the molecule is CC(C)C.COc1ccc(C(C)NS)c(O)c1. The summed E-state index contributed by atoms with van der Waals surface area (Å²) < 4.78 is 7.72. The first-order chi connectivity index (χ1) is 7.92. The molecule has 0 aliphatic rings. The van der Waals surface area contributed by atoms with Gasteiger partial charge in [0, 0.05) is 17.7 Å². The van der Waals surface area contributed by atoms with E-state index in [1.165, 1.54) is 0 Å². The zero-order valence-electron chi connectivity index (χ0n) is 11.2. The van der Waals surface area contributed by atoms with E-state index in [1.807, 2.05) is 13.0 Å². The highest BCUT2D eigenvalue weighted by Gasteiger charge is 2.08. The lowest BCUT2D eigenvalue weighted by atomic mass is 10.1. The molecule has 1 rings (SSSR count). The molecule has 0 radical (unpaired) electrons. The summed E-state index contributed by atoms with van der Waals surface area (Å²) in [4.78, 5) is 0. The molecule has 1 aromatic rings. The number of rotatable bonds is 3. The number of nitrogens with one attached hydrogen (secondary N) is 1. The molecule has 0 aliphatic carbocycles. The van der Waals surface area contributed by atoms with E-state index in [4.69, 9.17) is 4.74 Å². The van der Waals surface area contributed by atoms with Crippen LogP contribution in [0.4, 0.5) is 0 Å². The summed E-state index contributed by atoms with van der Waals surface area (Å²) in [6, 6.07) is 5.20. The fraction of sp³-hybridized carbons (Fsp3) is 0.538. The Morgan fingerprint density at radius 2 is 1.76 bits per heavy atom. The molecule has 4 heteroatoms. The average Bonchev–Trinajstić information content (AvgIpc) is 2.27. The molecule has 0 bridgehead atoms. The predicted molar refractivity (Wildman–Crippen MR) is 75.7 cm³/mol. The molecule has 0 spiro atoms. The van der Waals surface area contributed by atoms with Crippen LogP contribution in [0.25, 0.3) is 0 Å². The van der Waals surface area contributed by atoms with Gasteiger partial charge in [0.05, 0.1) is 7.11 Å². The summed E-state index contributed by atoms with van der Waals surface area (Å²) in [6.07, 6.45) is 0. The molecule has 0 heterocycles. The van der Waals surface area contributed by atoms with Crippen molar-refractivity contribution in [2.75, 3.05) is 7.11 Å². The van der Waals surface area contributed by atoms with E-state index in [2.05, 4.69) is 38.3 Å². The van der Waals surface area contributed by atoms with Crippen LogP contribution in [0, 0.1) is 5.92 Å². The Labute approximate surface area is 110 Å². The number of benzene rings is 1. The second-order valence-electron chi connectivity index (χ2n) is 4.51. The van der Waals surface area contributed by atoms with Crippen LogP contribution in [0.5, 0.6) is 11.5 Å². The quantitative estimate of drug-likeness (QED) is 0.725. The highest BCUT2D eigenvalue weighted by atomic mass is 32.1. The highest BCUT2D eigenvalue weighted by Crippen LogP contribution is 2.28. The molecule has 0 amide bonds. The van der Waals surface area contributed by atoms with Gasteiger partial charge in [-0.1, -0.05) is 39.7 Å². The van der Waals surface area contributed by atoms with Crippen LogP contribution < -0.4 is 9.46 Å². The number of hydrogen-bond acceptors (Lipinski definition) is 4. The van der Waals surface area contributed by atoms with E-state index in [-0.39, 0.29) is 11.8 Å². The third-order valence-corrected chi connectivity index (χ3v) is 2.29. The minimum atomic E-state index is 0.00856. The lowest BCUT2D eigenvalue weighted by molar-refractivity contribution is 0.405. The summed E-state index contributed by atoms with van der Waals surface area (Å²) in [5.41, 5.74) is 0.802. The number of methoxy groups -OCH3 is 1. The number of ether oxygens (including phenoxy) is 1. The Balaban J connectivity index is 0.000000557. The van der Waals surface area contributed by atoms with Gasteiger partial charge in [-0.3, -0.25) is 4.72 Å². The van der Waals surface area contributed by atoms with Crippen molar-refractivity contribution in [2.45, 2.75) is 33.7 Å². The zero-order valence-corrected chi connectivity index (χ0v) is 12.1. The minimum Gasteiger partial charge on any atom is -0.507 e. The number of phenols is 1. The van der Waals surface area contributed by atoms with Crippen LogP contribution in [0.2, 0.25) is 0 Å². The lowest BCUT2D eigenvalue weighted by Gasteiger charge is -2.12. The van der Waals surface area contributed by atoms with E-state index >= 15 is 0 Å². The molecule has 0 aromatic heterocycles. The third kappa shape index (κ3) is 6.44. The normalized spacial score (nSPS) is 11.7. The maximum Gasteiger partial charge on any atom is 0.124 e. The van der Waals surface area contributed by atoms with Crippen molar-refractivity contribution in [1.29, 1.82) is 0 Å². The summed E-state index contributed by atoms with van der Waals surface area (Å²) in [5.74, 6) is 1.70. The van der Waals surface area contributed by atoms with Crippen molar-refractivity contribution in [1.82, 2.24) is 4.72 Å². The number of phenolic OH excluding ortho intramolecular Hbond substituents is 1. The molecule has 1 atom stereocenters. The molecule has 0 saturated carbocycles. The van der Waals surface area contributed by atoms with Gasteiger partial charge in [-0.2, -0.15) is 0 Å². The van der Waals surface area contributed by atoms with Crippen LogP contribution in [0.15, 0.2) is 18.2 Å². The predicted octanol–water partition coefficient (Wildman–Crippen LogP) is 3.56. The Bertz CT molecular complexity index is 326. The van der Waals surface area contributed by atoms with Gasteiger partial charge in [0.15, 0.2) is 0 Å². The number of thiol groups is 1. The fourth-order valence-electron chi connectivity index (χ4n) is 1.09. The minimum absolute atomic E-state index is 0.00856.